The molecule has 0 bridgehead atoms. The van der Waals surface area contributed by atoms with E-state index in [0.717, 1.165) is 14.4 Å². The summed E-state index contributed by atoms with van der Waals surface area (Å²) in [6.45, 7) is 0. The van der Waals surface area contributed by atoms with E-state index in [9.17, 15) is 4.79 Å². The van der Waals surface area contributed by atoms with Gasteiger partial charge in [-0.25, -0.2) is 4.79 Å². The molecule has 62 valence electrons. The third-order valence-electron chi connectivity index (χ3n) is 1.43. The number of rotatable bonds is 1. The molecule has 0 radical (unpaired) electrons. The minimum atomic E-state index is -0.283. The fourth-order valence-corrected chi connectivity index (χ4v) is 2.27. The second-order valence-electron chi connectivity index (χ2n) is 2.28. The van der Waals surface area contributed by atoms with E-state index in [2.05, 4.69) is 25.9 Å². The molecule has 1 aromatic heterocycles. The number of oxime groups is 1. The summed E-state index contributed by atoms with van der Waals surface area (Å²) in [4.78, 5) is 16.1. The topological polar surface area (TPSA) is 38.7 Å². The Kier molecular flexibility index (Phi) is 1.98. The van der Waals surface area contributed by atoms with E-state index in [1.807, 2.05) is 12.1 Å². The largest absolute Gasteiger partial charge is 0.341 e. The molecule has 0 aliphatic carbocycles. The van der Waals surface area contributed by atoms with Crippen molar-refractivity contribution in [3.05, 3.63) is 20.8 Å². The van der Waals surface area contributed by atoms with Gasteiger partial charge in [-0.3, -0.25) is 0 Å². The Morgan fingerprint density at radius 1 is 1.58 bits per heavy atom. The lowest BCUT2D eigenvalue weighted by Crippen LogP contribution is -1.97. The zero-order valence-corrected chi connectivity index (χ0v) is 8.31. The predicted molar refractivity (Wildman–Crippen MR) is 49.3 cm³/mol. The minimum absolute atomic E-state index is 0.283. The summed E-state index contributed by atoms with van der Waals surface area (Å²) in [7, 11) is 0. The maximum atomic E-state index is 10.7. The van der Waals surface area contributed by atoms with Gasteiger partial charge in [-0.05, 0) is 28.1 Å². The van der Waals surface area contributed by atoms with Crippen LogP contribution in [-0.4, -0.2) is 11.7 Å². The highest BCUT2D eigenvalue weighted by molar-refractivity contribution is 9.11. The summed E-state index contributed by atoms with van der Waals surface area (Å²) in [6.07, 6.45) is 0.285. The van der Waals surface area contributed by atoms with Crippen molar-refractivity contribution in [2.75, 3.05) is 0 Å². The molecule has 0 amide bonds. The van der Waals surface area contributed by atoms with E-state index in [1.165, 1.54) is 0 Å². The molecule has 0 saturated heterocycles. The standard InChI is InChI=1S/C7H4BrNO2S/c8-6-2-1-5(12-6)4-3-7(10)11-9-4/h1-2H,3H2. The van der Waals surface area contributed by atoms with Gasteiger partial charge in [0.15, 0.2) is 0 Å². The maximum Gasteiger partial charge on any atom is 0.341 e. The quantitative estimate of drug-likeness (QED) is 0.712. The van der Waals surface area contributed by atoms with Crippen LogP contribution >= 0.6 is 27.3 Å². The molecule has 1 aliphatic rings. The van der Waals surface area contributed by atoms with Crippen LogP contribution in [0.4, 0.5) is 0 Å². The molecular weight excluding hydrogens is 242 g/mol. The van der Waals surface area contributed by atoms with Crippen LogP contribution in [0.15, 0.2) is 21.1 Å². The van der Waals surface area contributed by atoms with Gasteiger partial charge >= 0.3 is 5.97 Å². The molecule has 12 heavy (non-hydrogen) atoms. The molecule has 1 aromatic rings. The van der Waals surface area contributed by atoms with Gasteiger partial charge in [-0.15, -0.1) is 11.3 Å². The molecule has 0 saturated carbocycles. The van der Waals surface area contributed by atoms with Crippen LogP contribution in [-0.2, 0) is 9.63 Å². The Morgan fingerprint density at radius 3 is 2.92 bits per heavy atom. The first kappa shape index (κ1) is 7.94. The molecule has 2 heterocycles. The summed E-state index contributed by atoms with van der Waals surface area (Å²) < 4.78 is 1.03. The number of halogens is 1. The normalized spacial score (nSPS) is 16.1. The second-order valence-corrected chi connectivity index (χ2v) is 4.74. The van der Waals surface area contributed by atoms with Crippen molar-refractivity contribution >= 4 is 38.9 Å². The fourth-order valence-electron chi connectivity index (χ4n) is 0.909. The lowest BCUT2D eigenvalue weighted by Gasteiger charge is -1.86. The van der Waals surface area contributed by atoms with E-state index in [-0.39, 0.29) is 12.4 Å². The van der Waals surface area contributed by atoms with Gasteiger partial charge in [0.25, 0.3) is 0 Å². The number of nitrogens with zero attached hydrogens (tertiary/aromatic N) is 1. The zero-order valence-electron chi connectivity index (χ0n) is 5.91. The van der Waals surface area contributed by atoms with Crippen molar-refractivity contribution in [1.82, 2.24) is 0 Å². The third kappa shape index (κ3) is 1.42. The molecule has 5 heteroatoms. The lowest BCUT2D eigenvalue weighted by molar-refractivity contribution is -0.140. The Morgan fingerprint density at radius 2 is 2.42 bits per heavy atom. The first-order valence-electron chi connectivity index (χ1n) is 3.28. The third-order valence-corrected chi connectivity index (χ3v) is 3.10. The van der Waals surface area contributed by atoms with Crippen molar-refractivity contribution in [3.63, 3.8) is 0 Å². The van der Waals surface area contributed by atoms with Gasteiger partial charge in [0.05, 0.1) is 15.1 Å². The highest BCUT2D eigenvalue weighted by Crippen LogP contribution is 2.25. The monoisotopic (exact) mass is 245 g/mol. The van der Waals surface area contributed by atoms with Crippen molar-refractivity contribution < 1.29 is 9.63 Å². The molecule has 0 fully saturated rings. The summed E-state index contributed by atoms with van der Waals surface area (Å²) in [5.41, 5.74) is 0.718. The molecule has 0 aromatic carbocycles. The van der Waals surface area contributed by atoms with E-state index in [1.54, 1.807) is 11.3 Å². The average molecular weight is 246 g/mol. The van der Waals surface area contributed by atoms with E-state index < -0.39 is 0 Å². The van der Waals surface area contributed by atoms with Crippen LogP contribution in [0.25, 0.3) is 0 Å². The van der Waals surface area contributed by atoms with Gasteiger partial charge in [0, 0.05) is 0 Å². The average Bonchev–Trinajstić information content (AvgIpc) is 2.58. The van der Waals surface area contributed by atoms with E-state index in [0.29, 0.717) is 0 Å². The van der Waals surface area contributed by atoms with Gasteiger partial charge < -0.3 is 4.84 Å². The molecule has 2 rings (SSSR count). The van der Waals surface area contributed by atoms with Crippen LogP contribution < -0.4 is 0 Å². The van der Waals surface area contributed by atoms with Crippen LogP contribution in [0, 0.1) is 0 Å². The molecule has 0 N–H and O–H groups in total. The van der Waals surface area contributed by atoms with Crippen molar-refractivity contribution in [3.8, 4) is 0 Å². The number of hydrogen-bond donors (Lipinski definition) is 0. The van der Waals surface area contributed by atoms with Gasteiger partial charge in [-0.2, -0.15) is 0 Å². The first-order valence-corrected chi connectivity index (χ1v) is 4.89. The number of thiophene rings is 1. The van der Waals surface area contributed by atoms with Gasteiger partial charge in [0.2, 0.25) is 0 Å². The molecule has 0 atom stereocenters. The molecule has 0 spiro atoms. The van der Waals surface area contributed by atoms with E-state index in [4.69, 9.17) is 0 Å². The Balaban J connectivity index is 2.27. The van der Waals surface area contributed by atoms with Gasteiger partial charge in [0.1, 0.15) is 5.71 Å². The fraction of sp³-hybridized carbons (Fsp3) is 0.143. The summed E-state index contributed by atoms with van der Waals surface area (Å²) in [6, 6.07) is 3.83. The smallest absolute Gasteiger partial charge is 0.318 e. The summed E-state index contributed by atoms with van der Waals surface area (Å²) in [5.74, 6) is -0.283. The Hall–Kier alpha value is -0.680. The Labute approximate surface area is 81.2 Å². The van der Waals surface area contributed by atoms with Crippen LogP contribution in [0.2, 0.25) is 0 Å². The molecular formula is C7H4BrNO2S. The van der Waals surface area contributed by atoms with Crippen LogP contribution in [0.1, 0.15) is 11.3 Å². The summed E-state index contributed by atoms with van der Waals surface area (Å²) >= 11 is 4.87. The highest BCUT2D eigenvalue weighted by Gasteiger charge is 2.19. The van der Waals surface area contributed by atoms with Crippen LogP contribution in [0.5, 0.6) is 0 Å². The first-order chi connectivity index (χ1) is 5.75. The van der Waals surface area contributed by atoms with E-state index >= 15 is 0 Å². The summed E-state index contributed by atoms with van der Waals surface area (Å²) in [5, 5.41) is 3.66. The van der Waals surface area contributed by atoms with Crippen molar-refractivity contribution in [1.29, 1.82) is 0 Å². The maximum absolute atomic E-state index is 10.7. The Bertz CT molecular complexity index is 358. The molecule has 1 aliphatic heterocycles. The van der Waals surface area contributed by atoms with Crippen LogP contribution in [0.3, 0.4) is 0 Å². The SMILES string of the molecule is O=C1CC(c2ccc(Br)s2)=NO1. The zero-order chi connectivity index (χ0) is 8.55. The number of hydrogen-bond acceptors (Lipinski definition) is 4. The lowest BCUT2D eigenvalue weighted by atomic mass is 10.2. The molecule has 3 nitrogen and oxygen atoms in total. The van der Waals surface area contributed by atoms with Gasteiger partial charge in [-0.1, -0.05) is 5.16 Å². The highest BCUT2D eigenvalue weighted by atomic mass is 79.9. The predicted octanol–water partition coefficient (Wildman–Crippen LogP) is 2.16. The minimum Gasteiger partial charge on any atom is -0.318 e. The number of carbonyl (C=O) groups is 1. The molecule has 0 unspecified atom stereocenters. The van der Waals surface area contributed by atoms with Crippen molar-refractivity contribution in [2.24, 2.45) is 5.16 Å². The second kappa shape index (κ2) is 2.99. The number of carbonyl (C=O) groups excluding carboxylic acids is 1. The van der Waals surface area contributed by atoms with Crippen molar-refractivity contribution in [2.45, 2.75) is 6.42 Å².